The Morgan fingerprint density at radius 2 is 0.833 bits per heavy atom. The van der Waals surface area contributed by atoms with Crippen LogP contribution in [0, 0.1) is 11.8 Å². The summed E-state index contributed by atoms with van der Waals surface area (Å²) in [5.74, 6) is 0.876. The maximum Gasteiger partial charge on any atom is 0.260 e. The Morgan fingerprint density at radius 1 is 0.500 bits per heavy atom. The van der Waals surface area contributed by atoms with Crippen LogP contribution in [-0.2, 0) is 9.59 Å². The van der Waals surface area contributed by atoms with E-state index >= 15 is 0 Å². The van der Waals surface area contributed by atoms with E-state index in [2.05, 4.69) is 60.4 Å². The molecule has 0 aromatic carbocycles. The van der Waals surface area contributed by atoms with Crippen LogP contribution >= 0.6 is 45.3 Å². The van der Waals surface area contributed by atoms with Crippen molar-refractivity contribution >= 4 is 98.5 Å². The van der Waals surface area contributed by atoms with Crippen LogP contribution in [0.15, 0.2) is 22.9 Å². The van der Waals surface area contributed by atoms with Crippen LogP contribution in [0.25, 0.3) is 29.9 Å². The maximum absolute atomic E-state index is 14.7. The fourth-order valence-electron chi connectivity index (χ4n) is 8.68. The summed E-state index contributed by atoms with van der Waals surface area (Å²) in [5, 5.41) is 4.29. The Labute approximate surface area is 342 Å². The van der Waals surface area contributed by atoms with E-state index in [0.717, 1.165) is 34.0 Å². The average Bonchev–Trinajstić information content (AvgIpc) is 4.00. The van der Waals surface area contributed by atoms with Gasteiger partial charge in [-0.15, -0.1) is 45.3 Å². The van der Waals surface area contributed by atoms with E-state index in [0.29, 0.717) is 36.1 Å². The number of thiophene rings is 4. The first-order valence-corrected chi connectivity index (χ1v) is 25.2. The molecule has 0 aliphatic carbocycles. The van der Waals surface area contributed by atoms with Crippen LogP contribution in [0.3, 0.4) is 0 Å². The van der Waals surface area contributed by atoms with Crippen molar-refractivity contribution in [1.29, 1.82) is 0 Å². The first-order chi connectivity index (χ1) is 26.4. The number of carbonyl (C=O) groups excluding carboxylic acids is 2. The number of unbranched alkanes of at least 4 members (excludes halogenated alkanes) is 18. The Kier molecular flexibility index (Phi) is 16.2. The lowest BCUT2D eigenvalue weighted by molar-refractivity contribution is -0.114. The molecule has 0 fully saturated rings. The predicted octanol–water partition coefficient (Wildman–Crippen LogP) is 15.7. The molecule has 6 rings (SSSR count). The van der Waals surface area contributed by atoms with Crippen LogP contribution in [0.1, 0.15) is 179 Å². The first-order valence-electron chi connectivity index (χ1n) is 21.8. The highest BCUT2D eigenvalue weighted by Crippen LogP contribution is 2.57. The fraction of sp³-hybridized carbons (Fsp3) is 0.652. The van der Waals surface area contributed by atoms with Crippen LogP contribution in [-0.4, -0.2) is 24.9 Å². The Bertz CT molecular complexity index is 1690. The third-order valence-corrected chi connectivity index (χ3v) is 16.2. The Hall–Kier alpha value is -2.00. The van der Waals surface area contributed by atoms with Gasteiger partial charge in [0, 0.05) is 22.5 Å². The van der Waals surface area contributed by atoms with Crippen LogP contribution in [0.2, 0.25) is 0 Å². The third-order valence-electron chi connectivity index (χ3n) is 11.8. The van der Waals surface area contributed by atoms with Gasteiger partial charge in [-0.05, 0) is 47.6 Å². The van der Waals surface area contributed by atoms with Crippen molar-refractivity contribution < 1.29 is 9.59 Å². The lowest BCUT2D eigenvalue weighted by Crippen LogP contribution is -2.33. The molecule has 4 aromatic heterocycles. The van der Waals surface area contributed by atoms with Crippen molar-refractivity contribution in [1.82, 2.24) is 0 Å². The van der Waals surface area contributed by atoms with Crippen molar-refractivity contribution in [3.63, 3.8) is 0 Å². The van der Waals surface area contributed by atoms with Crippen molar-refractivity contribution in [2.45, 2.75) is 169 Å². The van der Waals surface area contributed by atoms with E-state index < -0.39 is 0 Å². The van der Waals surface area contributed by atoms with Gasteiger partial charge in [0.15, 0.2) is 0 Å². The van der Waals surface area contributed by atoms with Crippen molar-refractivity contribution in [2.75, 3.05) is 22.9 Å². The topological polar surface area (TPSA) is 40.6 Å². The van der Waals surface area contributed by atoms with Crippen molar-refractivity contribution in [2.24, 2.45) is 11.8 Å². The monoisotopic (exact) mass is 806 g/mol. The second-order valence-electron chi connectivity index (χ2n) is 16.5. The van der Waals surface area contributed by atoms with Gasteiger partial charge in [0.05, 0.1) is 41.7 Å². The third kappa shape index (κ3) is 9.92. The van der Waals surface area contributed by atoms with Crippen molar-refractivity contribution in [3.8, 4) is 0 Å². The second-order valence-corrected chi connectivity index (χ2v) is 20.5. The molecule has 0 N–H and O–H groups in total. The number of carbonyl (C=O) groups is 2. The molecule has 2 unspecified atom stereocenters. The Balaban J connectivity index is 1.11. The number of nitrogens with zero attached hydrogens (tertiary/aromatic N) is 2. The largest absolute Gasteiger partial charge is 0.305 e. The van der Waals surface area contributed by atoms with Gasteiger partial charge in [0.1, 0.15) is 0 Å². The molecule has 8 heteroatoms. The van der Waals surface area contributed by atoms with Gasteiger partial charge in [-0.25, -0.2) is 0 Å². The molecule has 6 heterocycles. The summed E-state index contributed by atoms with van der Waals surface area (Å²) in [7, 11) is 0. The zero-order valence-electron chi connectivity index (χ0n) is 33.8. The minimum Gasteiger partial charge on any atom is -0.305 e. The van der Waals surface area contributed by atoms with Gasteiger partial charge in [-0.3, -0.25) is 9.59 Å². The van der Waals surface area contributed by atoms with Gasteiger partial charge < -0.3 is 9.80 Å². The highest BCUT2D eigenvalue weighted by molar-refractivity contribution is 7.30. The number of rotatable bonds is 26. The quantitative estimate of drug-likeness (QED) is 0.0468. The smallest absolute Gasteiger partial charge is 0.260 e. The van der Waals surface area contributed by atoms with E-state index in [1.165, 1.54) is 147 Å². The van der Waals surface area contributed by atoms with E-state index in [-0.39, 0.29) is 11.8 Å². The van der Waals surface area contributed by atoms with E-state index in [9.17, 15) is 9.59 Å². The summed E-state index contributed by atoms with van der Waals surface area (Å²) in [6.45, 7) is 10.6. The molecular weight excluding hydrogens is 741 g/mol. The summed E-state index contributed by atoms with van der Waals surface area (Å²) in [6, 6.07) is 4.37. The number of hydrogen-bond donors (Lipinski definition) is 0. The average molecular weight is 807 g/mol. The second kappa shape index (κ2) is 21.0. The molecule has 2 atom stereocenters. The standard InChI is InChI=1S/C46H66N2O2S4/c1-5-7-9-11-13-15-17-19-21-23-25-33(3)31-47-39-41-35(27-29-51-41)53-43(39)37(45(47)49)38-44-40(42-36(54-44)28-30-52-42)48(46(38)50)32-34(4)26-24-22-20-18-16-14-12-10-8-6-2/h27-30,33-34H,5-26,31-32H2,1-4H3/b38-37+. The van der Waals surface area contributed by atoms with Crippen LogP contribution in [0.4, 0.5) is 11.4 Å². The zero-order chi connectivity index (χ0) is 37.9. The van der Waals surface area contributed by atoms with Crippen LogP contribution < -0.4 is 9.80 Å². The molecule has 0 radical (unpaired) electrons. The van der Waals surface area contributed by atoms with Gasteiger partial charge in [0.25, 0.3) is 11.8 Å². The molecule has 2 amide bonds. The Morgan fingerprint density at radius 3 is 1.19 bits per heavy atom. The molecule has 4 aromatic rings. The normalized spacial score (nSPS) is 16.8. The minimum atomic E-state index is 0.0350. The molecule has 296 valence electrons. The minimum absolute atomic E-state index is 0.0350. The van der Waals surface area contributed by atoms with Crippen LogP contribution in [0.5, 0.6) is 0 Å². The summed E-state index contributed by atoms with van der Waals surface area (Å²) >= 11 is 6.88. The molecule has 4 nitrogen and oxygen atoms in total. The number of fused-ring (bicyclic) bond motifs is 6. The highest BCUT2D eigenvalue weighted by atomic mass is 32.1. The molecule has 2 aliphatic heterocycles. The first kappa shape index (κ1) is 41.6. The molecule has 2 aliphatic rings. The zero-order valence-corrected chi connectivity index (χ0v) is 37.0. The van der Waals surface area contributed by atoms with Gasteiger partial charge in [0.2, 0.25) is 0 Å². The summed E-state index contributed by atoms with van der Waals surface area (Å²) in [5.41, 5.74) is 3.45. The number of hydrogen-bond acceptors (Lipinski definition) is 6. The van der Waals surface area contributed by atoms with Gasteiger partial charge >= 0.3 is 0 Å². The van der Waals surface area contributed by atoms with E-state index in [4.69, 9.17) is 0 Å². The SMILES string of the molecule is CCCCCCCCCCCCC(C)CN1C(=O)/C(=C2/C(=O)N(CC(C)CCCCCCCCCCCC)c3c2sc2ccsc32)c2sc3ccsc3c21. The molecule has 0 bridgehead atoms. The fourth-order valence-corrected chi connectivity index (χ4v) is 13.5. The van der Waals surface area contributed by atoms with Gasteiger partial charge in [-0.2, -0.15) is 0 Å². The summed E-state index contributed by atoms with van der Waals surface area (Å²) in [6.07, 6.45) is 29.1. The van der Waals surface area contributed by atoms with Crippen molar-refractivity contribution in [3.05, 3.63) is 32.6 Å². The molecule has 0 saturated carbocycles. The lowest BCUT2D eigenvalue weighted by atomic mass is 10.0. The summed E-state index contributed by atoms with van der Waals surface area (Å²) in [4.78, 5) is 35.6. The predicted molar refractivity (Wildman–Crippen MR) is 242 cm³/mol. The van der Waals surface area contributed by atoms with E-state index in [1.807, 2.05) is 0 Å². The molecule has 0 saturated heterocycles. The molecule has 54 heavy (non-hydrogen) atoms. The van der Waals surface area contributed by atoms with Gasteiger partial charge in [-0.1, -0.05) is 156 Å². The van der Waals surface area contributed by atoms with E-state index in [1.54, 1.807) is 45.3 Å². The lowest BCUT2D eigenvalue weighted by Gasteiger charge is -2.22. The maximum atomic E-state index is 14.7. The highest BCUT2D eigenvalue weighted by Gasteiger charge is 2.46. The number of amides is 2. The molecular formula is C46H66N2O2S4. The number of anilines is 2. The summed E-state index contributed by atoms with van der Waals surface area (Å²) < 4.78 is 4.85. The molecule has 0 spiro atoms.